The Hall–Kier alpha value is -1.06. The van der Waals surface area contributed by atoms with Crippen LogP contribution in [0.3, 0.4) is 0 Å². The van der Waals surface area contributed by atoms with Gasteiger partial charge in [-0.2, -0.15) is 0 Å². The summed E-state index contributed by atoms with van der Waals surface area (Å²) in [6.07, 6.45) is 0. The van der Waals surface area contributed by atoms with Crippen molar-refractivity contribution in [2.75, 3.05) is 5.23 Å². The molecule has 0 unspecified atom stereocenters. The van der Waals surface area contributed by atoms with Gasteiger partial charge in [0.25, 0.3) is 0 Å². The van der Waals surface area contributed by atoms with Crippen LogP contribution >= 0.6 is 0 Å². The van der Waals surface area contributed by atoms with Crippen LogP contribution in [0.2, 0.25) is 0 Å². The van der Waals surface area contributed by atoms with Gasteiger partial charge < -0.3 is 0 Å². The number of aryl methyl sites for hydroxylation is 2. The average molecular weight is 235 g/mol. The van der Waals surface area contributed by atoms with Gasteiger partial charge in [0.2, 0.25) is 0 Å². The Morgan fingerprint density at radius 1 is 0.824 bits per heavy atom. The molecule has 1 aromatic rings. The number of hydrogen-bond acceptors (Lipinski definition) is 3. The van der Waals surface area contributed by atoms with E-state index >= 15 is 0 Å². The van der Waals surface area contributed by atoms with E-state index in [1.54, 1.807) is 5.23 Å². The first kappa shape index (κ1) is 12.4. The zero-order valence-corrected chi connectivity index (χ0v) is 11.5. The van der Waals surface area contributed by atoms with Crippen molar-refractivity contribution in [2.24, 2.45) is 0 Å². The van der Waals surface area contributed by atoms with Crippen molar-refractivity contribution in [3.63, 3.8) is 0 Å². The highest BCUT2D eigenvalue weighted by Crippen LogP contribution is 2.40. The molecule has 1 aliphatic heterocycles. The maximum Gasteiger partial charge on any atom is 0.124 e. The summed E-state index contributed by atoms with van der Waals surface area (Å²) < 4.78 is 0. The molecule has 0 amide bonds. The first-order valence-electron chi connectivity index (χ1n) is 5.98. The second-order valence-corrected chi connectivity index (χ2v) is 5.81. The monoisotopic (exact) mass is 235 g/mol. The van der Waals surface area contributed by atoms with Gasteiger partial charge in [-0.1, -0.05) is 6.07 Å². The second-order valence-electron chi connectivity index (χ2n) is 5.81. The first-order chi connectivity index (χ1) is 7.71. The van der Waals surface area contributed by atoms with Crippen molar-refractivity contribution in [3.05, 3.63) is 29.3 Å². The molecule has 0 saturated carbocycles. The molecule has 17 heavy (non-hydrogen) atoms. The molecule has 1 saturated heterocycles. The molecule has 2 rings (SSSR count). The fraction of sp³-hybridized carbons (Fsp3) is 0.571. The maximum absolute atomic E-state index is 5.87. The molecule has 0 spiro atoms. The Bertz CT molecular complexity index is 402. The standard InChI is InChI=1S/C14H21NO2/c1-10-7-11(2)9-12(8-10)15-16-13(3,4)14(5,6)17-15/h7-9H,1-6H3. The summed E-state index contributed by atoms with van der Waals surface area (Å²) in [5.41, 5.74) is 2.67. The summed E-state index contributed by atoms with van der Waals surface area (Å²) in [5, 5.41) is 1.54. The molecule has 1 heterocycles. The summed E-state index contributed by atoms with van der Waals surface area (Å²) in [6.45, 7) is 12.3. The Kier molecular flexibility index (Phi) is 2.71. The van der Waals surface area contributed by atoms with Crippen LogP contribution in [0.1, 0.15) is 38.8 Å². The molecule has 1 aliphatic rings. The van der Waals surface area contributed by atoms with Gasteiger partial charge in [0.1, 0.15) is 11.2 Å². The highest BCUT2D eigenvalue weighted by atomic mass is 17.0. The van der Waals surface area contributed by atoms with Crippen LogP contribution in [-0.4, -0.2) is 11.2 Å². The van der Waals surface area contributed by atoms with Crippen molar-refractivity contribution >= 4 is 5.69 Å². The quantitative estimate of drug-likeness (QED) is 0.743. The topological polar surface area (TPSA) is 21.7 Å². The molecule has 0 aromatic heterocycles. The van der Waals surface area contributed by atoms with Crippen LogP contribution in [0.5, 0.6) is 0 Å². The molecular weight excluding hydrogens is 214 g/mol. The van der Waals surface area contributed by atoms with Crippen LogP contribution < -0.4 is 5.23 Å². The zero-order valence-electron chi connectivity index (χ0n) is 11.5. The van der Waals surface area contributed by atoms with E-state index in [2.05, 4.69) is 32.0 Å². The lowest BCUT2D eigenvalue weighted by molar-refractivity contribution is -0.0273. The minimum Gasteiger partial charge on any atom is -0.239 e. The van der Waals surface area contributed by atoms with Gasteiger partial charge in [0.15, 0.2) is 0 Å². The number of hydrogen-bond donors (Lipinski definition) is 0. The minimum atomic E-state index is -0.343. The Morgan fingerprint density at radius 2 is 1.24 bits per heavy atom. The lowest BCUT2D eigenvalue weighted by Crippen LogP contribution is -2.41. The molecule has 0 N–H and O–H groups in total. The smallest absolute Gasteiger partial charge is 0.124 e. The van der Waals surface area contributed by atoms with Crippen LogP contribution in [0.15, 0.2) is 18.2 Å². The van der Waals surface area contributed by atoms with E-state index in [-0.39, 0.29) is 11.2 Å². The van der Waals surface area contributed by atoms with Crippen LogP contribution in [0.4, 0.5) is 5.69 Å². The molecular formula is C14H21NO2. The SMILES string of the molecule is Cc1cc(C)cc(N2OC(C)(C)C(C)(C)O2)c1. The lowest BCUT2D eigenvalue weighted by atomic mass is 9.90. The minimum absolute atomic E-state index is 0.343. The third-order valence-electron chi connectivity index (χ3n) is 3.49. The van der Waals surface area contributed by atoms with Crippen molar-refractivity contribution in [1.29, 1.82) is 0 Å². The molecule has 1 fully saturated rings. The average Bonchev–Trinajstić information content (AvgIpc) is 2.34. The van der Waals surface area contributed by atoms with Crippen molar-refractivity contribution in [2.45, 2.75) is 52.7 Å². The third kappa shape index (κ3) is 2.17. The molecule has 0 atom stereocenters. The largest absolute Gasteiger partial charge is 0.239 e. The van der Waals surface area contributed by atoms with Gasteiger partial charge >= 0.3 is 0 Å². The van der Waals surface area contributed by atoms with Crippen LogP contribution in [-0.2, 0) is 9.68 Å². The number of anilines is 1. The van der Waals surface area contributed by atoms with E-state index in [0.717, 1.165) is 5.69 Å². The lowest BCUT2D eigenvalue weighted by Gasteiger charge is -2.26. The predicted octanol–water partition coefficient (Wildman–Crippen LogP) is 3.54. The van der Waals surface area contributed by atoms with Gasteiger partial charge in [-0.15, -0.1) is 5.23 Å². The second kappa shape index (κ2) is 3.72. The summed E-state index contributed by atoms with van der Waals surface area (Å²) in [6, 6.07) is 6.25. The Morgan fingerprint density at radius 3 is 1.65 bits per heavy atom. The van der Waals surface area contributed by atoms with E-state index in [1.807, 2.05) is 27.7 Å². The van der Waals surface area contributed by atoms with Crippen molar-refractivity contribution in [1.82, 2.24) is 0 Å². The zero-order chi connectivity index (χ0) is 12.8. The summed E-state index contributed by atoms with van der Waals surface area (Å²) in [4.78, 5) is 11.7. The Labute approximate surface area is 103 Å². The highest BCUT2D eigenvalue weighted by molar-refractivity contribution is 5.48. The molecule has 0 bridgehead atoms. The van der Waals surface area contributed by atoms with Gasteiger partial charge in [0, 0.05) is 0 Å². The first-order valence-corrected chi connectivity index (χ1v) is 5.98. The summed E-state index contributed by atoms with van der Waals surface area (Å²) in [7, 11) is 0. The van der Waals surface area contributed by atoms with Gasteiger partial charge in [-0.3, -0.25) is 0 Å². The fourth-order valence-corrected chi connectivity index (χ4v) is 1.81. The Balaban J connectivity index is 2.32. The number of benzene rings is 1. The molecule has 1 aromatic carbocycles. The summed E-state index contributed by atoms with van der Waals surface area (Å²) >= 11 is 0. The van der Waals surface area contributed by atoms with Crippen LogP contribution in [0, 0.1) is 13.8 Å². The van der Waals surface area contributed by atoms with Crippen molar-refractivity contribution < 1.29 is 9.68 Å². The molecule has 0 radical (unpaired) electrons. The van der Waals surface area contributed by atoms with Crippen LogP contribution in [0.25, 0.3) is 0 Å². The van der Waals surface area contributed by atoms with Crippen molar-refractivity contribution in [3.8, 4) is 0 Å². The van der Waals surface area contributed by atoms with E-state index < -0.39 is 0 Å². The van der Waals surface area contributed by atoms with E-state index in [0.29, 0.717) is 0 Å². The maximum atomic E-state index is 5.87. The normalized spacial score (nSPS) is 21.9. The summed E-state index contributed by atoms with van der Waals surface area (Å²) in [5.74, 6) is 0. The van der Waals surface area contributed by atoms with Gasteiger partial charge in [-0.05, 0) is 64.8 Å². The number of nitrogens with zero attached hydrogens (tertiary/aromatic N) is 1. The van der Waals surface area contributed by atoms with Gasteiger partial charge in [0.05, 0.1) is 5.69 Å². The molecule has 3 nitrogen and oxygen atoms in total. The fourth-order valence-electron chi connectivity index (χ4n) is 1.81. The van der Waals surface area contributed by atoms with E-state index in [4.69, 9.17) is 9.68 Å². The highest BCUT2D eigenvalue weighted by Gasteiger charge is 2.50. The number of rotatable bonds is 1. The molecule has 0 aliphatic carbocycles. The van der Waals surface area contributed by atoms with E-state index in [9.17, 15) is 0 Å². The molecule has 94 valence electrons. The van der Waals surface area contributed by atoms with Gasteiger partial charge in [-0.25, -0.2) is 9.68 Å². The predicted molar refractivity (Wildman–Crippen MR) is 68.7 cm³/mol. The molecule has 3 heteroatoms. The van der Waals surface area contributed by atoms with E-state index in [1.165, 1.54) is 11.1 Å². The third-order valence-corrected chi connectivity index (χ3v) is 3.49.